The Kier molecular flexibility index (Phi) is 7.55. The van der Waals surface area contributed by atoms with Crippen LogP contribution in [-0.2, 0) is 4.79 Å². The summed E-state index contributed by atoms with van der Waals surface area (Å²) in [4.78, 5) is 17.9. The molecule has 196 valence electrons. The van der Waals surface area contributed by atoms with Crippen molar-refractivity contribution in [1.82, 2.24) is 35.0 Å². The second kappa shape index (κ2) is 11.9. The third kappa shape index (κ3) is 5.60. The Balaban J connectivity index is 1.18. The van der Waals surface area contributed by atoms with Crippen molar-refractivity contribution in [3.8, 4) is 33.3 Å². The fraction of sp³-hybridized carbons (Fsp3) is 0.0345. The lowest BCUT2D eigenvalue weighted by molar-refractivity contribution is -0.118. The number of hydrogen-bond donors (Lipinski definition) is 1. The highest BCUT2D eigenvalue weighted by molar-refractivity contribution is 7.99. The van der Waals surface area contributed by atoms with Gasteiger partial charge in [0.2, 0.25) is 0 Å². The van der Waals surface area contributed by atoms with E-state index in [4.69, 9.17) is 5.10 Å². The van der Waals surface area contributed by atoms with Gasteiger partial charge in [-0.2, -0.15) is 10.2 Å². The van der Waals surface area contributed by atoms with Gasteiger partial charge in [0.15, 0.2) is 11.0 Å². The van der Waals surface area contributed by atoms with Crippen molar-refractivity contribution in [2.75, 3.05) is 5.75 Å². The van der Waals surface area contributed by atoms with Crippen molar-refractivity contribution in [2.24, 2.45) is 5.10 Å². The van der Waals surface area contributed by atoms with Gasteiger partial charge < -0.3 is 0 Å². The summed E-state index contributed by atoms with van der Waals surface area (Å²) >= 11 is 2.88. The summed E-state index contributed by atoms with van der Waals surface area (Å²) in [6.07, 6.45) is 6.95. The molecule has 4 aromatic heterocycles. The number of thioether (sulfide) groups is 1. The lowest BCUT2D eigenvalue weighted by atomic mass is 10.2. The summed E-state index contributed by atoms with van der Waals surface area (Å²) in [5.74, 6) is 0.521. The maximum absolute atomic E-state index is 12.7. The minimum absolute atomic E-state index is 0.111. The van der Waals surface area contributed by atoms with E-state index in [2.05, 4.69) is 25.7 Å². The molecule has 40 heavy (non-hydrogen) atoms. The zero-order valence-corrected chi connectivity index (χ0v) is 22.7. The van der Waals surface area contributed by atoms with Crippen LogP contribution in [0.1, 0.15) is 5.56 Å². The first-order valence-electron chi connectivity index (χ1n) is 12.3. The van der Waals surface area contributed by atoms with Gasteiger partial charge in [0.25, 0.3) is 5.91 Å². The van der Waals surface area contributed by atoms with E-state index in [-0.39, 0.29) is 11.7 Å². The molecule has 0 spiro atoms. The van der Waals surface area contributed by atoms with Crippen molar-refractivity contribution < 1.29 is 4.79 Å². The second-order valence-corrected chi connectivity index (χ2v) is 10.4. The molecule has 6 rings (SSSR count). The van der Waals surface area contributed by atoms with E-state index in [0.29, 0.717) is 11.0 Å². The highest BCUT2D eigenvalue weighted by Crippen LogP contribution is 2.28. The molecule has 0 aliphatic heterocycles. The fourth-order valence-electron chi connectivity index (χ4n) is 4.00. The zero-order valence-electron chi connectivity index (χ0n) is 21.0. The highest BCUT2D eigenvalue weighted by atomic mass is 32.2. The Morgan fingerprint density at radius 1 is 0.925 bits per heavy atom. The number of rotatable bonds is 9. The smallest absolute Gasteiger partial charge is 0.250 e. The maximum Gasteiger partial charge on any atom is 0.250 e. The van der Waals surface area contributed by atoms with Crippen LogP contribution in [0.15, 0.2) is 119 Å². The molecule has 9 nitrogen and oxygen atoms in total. The third-order valence-corrected chi connectivity index (χ3v) is 7.63. The first-order chi connectivity index (χ1) is 19.8. The number of nitrogens with zero attached hydrogens (tertiary/aromatic N) is 7. The number of para-hydroxylation sites is 2. The van der Waals surface area contributed by atoms with Crippen molar-refractivity contribution in [1.29, 1.82) is 0 Å². The lowest BCUT2D eigenvalue weighted by Gasteiger charge is -2.10. The molecule has 0 unspecified atom stereocenters. The normalized spacial score (nSPS) is 11.2. The average molecular weight is 563 g/mol. The van der Waals surface area contributed by atoms with E-state index < -0.39 is 0 Å². The number of hydrazone groups is 1. The Labute approximate surface area is 238 Å². The molecule has 0 fully saturated rings. The highest BCUT2D eigenvalue weighted by Gasteiger charge is 2.17. The monoisotopic (exact) mass is 562 g/mol. The summed E-state index contributed by atoms with van der Waals surface area (Å²) in [5, 5.41) is 20.4. The number of nitrogens with one attached hydrogen (secondary N) is 1. The number of pyridine rings is 1. The molecule has 0 saturated heterocycles. The molecule has 1 amide bonds. The minimum atomic E-state index is -0.262. The average Bonchev–Trinajstić information content (AvgIpc) is 3.78. The molecule has 1 N–H and O–H groups in total. The standard InChI is InChI=1S/C29H22N8OS2/c38-26(20-40-29-34-33-28(21-13-15-30-16-14-21)37(29)24-10-5-2-6-11-24)32-31-18-22-19-36(23-8-3-1-4-9-23)35-27(22)25-12-7-17-39-25/h1-19H,20H2,(H,32,38)/b31-18-. The minimum Gasteiger partial charge on any atom is -0.272 e. The third-order valence-electron chi connectivity index (χ3n) is 5.83. The molecular formula is C29H22N8OS2. The van der Waals surface area contributed by atoms with E-state index in [9.17, 15) is 4.79 Å². The summed E-state index contributed by atoms with van der Waals surface area (Å²) in [5.41, 5.74) is 6.94. The van der Waals surface area contributed by atoms with Crippen LogP contribution < -0.4 is 5.43 Å². The number of aromatic nitrogens is 6. The molecule has 0 radical (unpaired) electrons. The van der Waals surface area contributed by atoms with E-state index in [0.717, 1.165) is 33.1 Å². The Morgan fingerprint density at radius 2 is 1.68 bits per heavy atom. The van der Waals surface area contributed by atoms with Gasteiger partial charge in [-0.25, -0.2) is 10.1 Å². The van der Waals surface area contributed by atoms with Gasteiger partial charge in [0.05, 0.1) is 22.5 Å². The van der Waals surface area contributed by atoms with Crippen molar-refractivity contribution in [3.05, 3.63) is 114 Å². The van der Waals surface area contributed by atoms with Crippen molar-refractivity contribution in [3.63, 3.8) is 0 Å². The molecule has 0 saturated carbocycles. The van der Waals surface area contributed by atoms with Crippen LogP contribution in [0.25, 0.3) is 33.3 Å². The van der Waals surface area contributed by atoms with Gasteiger partial charge >= 0.3 is 0 Å². The number of amides is 1. The lowest BCUT2D eigenvalue weighted by Crippen LogP contribution is -2.20. The quantitative estimate of drug-likeness (QED) is 0.142. The van der Waals surface area contributed by atoms with E-state index in [1.165, 1.54) is 11.8 Å². The van der Waals surface area contributed by atoms with Gasteiger partial charge in [-0.3, -0.25) is 14.3 Å². The number of benzene rings is 2. The number of hydrogen-bond acceptors (Lipinski definition) is 8. The van der Waals surface area contributed by atoms with Gasteiger partial charge in [-0.15, -0.1) is 21.5 Å². The summed E-state index contributed by atoms with van der Waals surface area (Å²) in [7, 11) is 0. The fourth-order valence-corrected chi connectivity index (χ4v) is 5.47. The van der Waals surface area contributed by atoms with E-state index in [1.54, 1.807) is 29.9 Å². The predicted molar refractivity (Wildman–Crippen MR) is 158 cm³/mol. The predicted octanol–water partition coefficient (Wildman–Crippen LogP) is 5.49. The Hall–Kier alpha value is -4.87. The van der Waals surface area contributed by atoms with Gasteiger partial charge in [-0.1, -0.05) is 54.2 Å². The Bertz CT molecular complexity index is 1730. The summed E-state index contributed by atoms with van der Waals surface area (Å²) < 4.78 is 3.74. The van der Waals surface area contributed by atoms with Gasteiger partial charge in [0, 0.05) is 35.4 Å². The molecule has 6 aromatic rings. The molecule has 4 heterocycles. The topological polar surface area (TPSA) is 103 Å². The molecule has 2 aromatic carbocycles. The van der Waals surface area contributed by atoms with E-state index >= 15 is 0 Å². The second-order valence-electron chi connectivity index (χ2n) is 8.49. The van der Waals surface area contributed by atoms with Crippen LogP contribution in [0.2, 0.25) is 0 Å². The maximum atomic E-state index is 12.7. The molecular weight excluding hydrogens is 541 g/mol. The first kappa shape index (κ1) is 25.4. The van der Waals surface area contributed by atoms with Crippen LogP contribution in [0, 0.1) is 0 Å². The first-order valence-corrected chi connectivity index (χ1v) is 14.2. The SMILES string of the molecule is O=C(CSc1nnc(-c2ccncc2)n1-c1ccccc1)N/N=C\c1cn(-c2ccccc2)nc1-c1cccs1. The van der Waals surface area contributed by atoms with Crippen LogP contribution in [0.4, 0.5) is 0 Å². The molecule has 0 aliphatic carbocycles. The number of carbonyl (C=O) groups is 1. The Morgan fingerprint density at radius 3 is 2.40 bits per heavy atom. The summed E-state index contributed by atoms with van der Waals surface area (Å²) in [6.45, 7) is 0. The van der Waals surface area contributed by atoms with Crippen LogP contribution in [0.3, 0.4) is 0 Å². The molecule has 11 heteroatoms. The van der Waals surface area contributed by atoms with Crippen LogP contribution >= 0.6 is 23.1 Å². The van der Waals surface area contributed by atoms with Crippen LogP contribution in [0.5, 0.6) is 0 Å². The largest absolute Gasteiger partial charge is 0.272 e. The molecule has 0 bridgehead atoms. The van der Waals surface area contributed by atoms with Crippen molar-refractivity contribution >= 4 is 35.2 Å². The van der Waals surface area contributed by atoms with E-state index in [1.807, 2.05) is 106 Å². The van der Waals surface area contributed by atoms with Gasteiger partial charge in [-0.05, 0) is 47.8 Å². The zero-order chi connectivity index (χ0) is 27.1. The van der Waals surface area contributed by atoms with Crippen molar-refractivity contribution in [2.45, 2.75) is 5.16 Å². The number of thiophene rings is 1. The molecule has 0 atom stereocenters. The number of carbonyl (C=O) groups excluding carboxylic acids is 1. The van der Waals surface area contributed by atoms with Crippen LogP contribution in [-0.4, -0.2) is 47.4 Å². The molecule has 0 aliphatic rings. The summed E-state index contributed by atoms with van der Waals surface area (Å²) in [6, 6.07) is 27.4. The van der Waals surface area contributed by atoms with Gasteiger partial charge in [0.1, 0.15) is 5.69 Å².